The predicted molar refractivity (Wildman–Crippen MR) is 82.5 cm³/mol. The van der Waals surface area contributed by atoms with Gasteiger partial charge in [0.15, 0.2) is 0 Å². The number of nitrogens with one attached hydrogen (secondary N) is 1. The van der Waals surface area contributed by atoms with Gasteiger partial charge in [0.25, 0.3) is 0 Å². The Morgan fingerprint density at radius 2 is 1.95 bits per heavy atom. The van der Waals surface area contributed by atoms with Gasteiger partial charge in [0.2, 0.25) is 5.91 Å². The van der Waals surface area contributed by atoms with Crippen molar-refractivity contribution in [2.24, 2.45) is 11.7 Å². The van der Waals surface area contributed by atoms with Crippen molar-refractivity contribution in [2.75, 3.05) is 6.54 Å². The molecule has 0 spiro atoms. The van der Waals surface area contributed by atoms with E-state index in [1.807, 2.05) is 0 Å². The molecule has 1 amide bonds. The number of hydrogen-bond acceptors (Lipinski definition) is 2. The van der Waals surface area contributed by atoms with Crippen molar-refractivity contribution in [3.63, 3.8) is 0 Å². The molecule has 1 aliphatic carbocycles. The molecule has 2 atom stereocenters. The molecule has 1 saturated carbocycles. The van der Waals surface area contributed by atoms with Gasteiger partial charge >= 0.3 is 0 Å². The summed E-state index contributed by atoms with van der Waals surface area (Å²) in [5.74, 6) is 0.275. The first-order chi connectivity index (χ1) is 9.38. The average molecular weight is 274 g/mol. The van der Waals surface area contributed by atoms with Gasteiger partial charge in [-0.15, -0.1) is 0 Å². The van der Waals surface area contributed by atoms with Crippen molar-refractivity contribution in [3.05, 3.63) is 35.4 Å². The molecule has 1 aromatic carbocycles. The Morgan fingerprint density at radius 3 is 2.50 bits per heavy atom. The Hall–Kier alpha value is -1.35. The number of aryl methyl sites for hydroxylation is 1. The van der Waals surface area contributed by atoms with Gasteiger partial charge in [-0.1, -0.05) is 43.7 Å². The fourth-order valence-electron chi connectivity index (χ4n) is 2.81. The van der Waals surface area contributed by atoms with E-state index in [-0.39, 0.29) is 23.3 Å². The molecular formula is C17H26N2O. The second-order valence-corrected chi connectivity index (χ2v) is 6.74. The molecule has 3 nitrogen and oxygen atoms in total. The van der Waals surface area contributed by atoms with Crippen LogP contribution in [0.5, 0.6) is 0 Å². The highest BCUT2D eigenvalue weighted by atomic mass is 16.1. The second-order valence-electron chi connectivity index (χ2n) is 6.74. The average Bonchev–Trinajstić information content (AvgIpc) is 2.83. The largest absolute Gasteiger partial charge is 0.355 e. The van der Waals surface area contributed by atoms with Crippen LogP contribution in [-0.4, -0.2) is 18.5 Å². The van der Waals surface area contributed by atoms with Crippen LogP contribution in [0.25, 0.3) is 0 Å². The summed E-state index contributed by atoms with van der Waals surface area (Å²) in [5.41, 5.74) is 8.33. The lowest BCUT2D eigenvalue weighted by Gasteiger charge is -2.26. The second kappa shape index (κ2) is 5.96. The van der Waals surface area contributed by atoms with E-state index >= 15 is 0 Å². The summed E-state index contributed by atoms with van der Waals surface area (Å²) >= 11 is 0. The Kier molecular flexibility index (Phi) is 4.48. The summed E-state index contributed by atoms with van der Waals surface area (Å²) in [4.78, 5) is 12.2. The Balaban J connectivity index is 1.91. The number of benzene rings is 1. The van der Waals surface area contributed by atoms with E-state index in [9.17, 15) is 4.79 Å². The van der Waals surface area contributed by atoms with Crippen LogP contribution < -0.4 is 11.1 Å². The van der Waals surface area contributed by atoms with E-state index in [0.29, 0.717) is 6.54 Å². The third-order valence-electron chi connectivity index (χ3n) is 4.38. The van der Waals surface area contributed by atoms with Gasteiger partial charge in [-0.3, -0.25) is 4.79 Å². The predicted octanol–water partition coefficient (Wildman–Crippen LogP) is 2.52. The standard InChI is InChI=1S/C17H26N2O/c1-12-4-7-14(8-5-12)17(2,3)11-19-16(20)13-6-9-15(18)10-13/h4-5,7-8,13,15H,6,9-11,18H2,1-3H3,(H,19,20). The number of carbonyl (C=O) groups excluding carboxylic acids is 1. The van der Waals surface area contributed by atoms with Crippen LogP contribution in [0, 0.1) is 12.8 Å². The topological polar surface area (TPSA) is 55.1 Å². The minimum Gasteiger partial charge on any atom is -0.355 e. The molecule has 0 heterocycles. The van der Waals surface area contributed by atoms with Gasteiger partial charge in [0.1, 0.15) is 0 Å². The lowest BCUT2D eigenvalue weighted by molar-refractivity contribution is -0.125. The van der Waals surface area contributed by atoms with Crippen LogP contribution in [-0.2, 0) is 10.2 Å². The summed E-state index contributed by atoms with van der Waals surface area (Å²) in [5, 5.41) is 3.10. The third-order valence-corrected chi connectivity index (χ3v) is 4.38. The highest BCUT2D eigenvalue weighted by molar-refractivity contribution is 5.79. The van der Waals surface area contributed by atoms with Crippen LogP contribution in [0.2, 0.25) is 0 Å². The Morgan fingerprint density at radius 1 is 1.30 bits per heavy atom. The minimum atomic E-state index is -0.0515. The number of hydrogen-bond donors (Lipinski definition) is 2. The normalized spacial score (nSPS) is 22.8. The zero-order valence-electron chi connectivity index (χ0n) is 12.8. The van der Waals surface area contributed by atoms with Crippen LogP contribution in [0.15, 0.2) is 24.3 Å². The first kappa shape index (κ1) is 15.0. The molecule has 1 aliphatic rings. The molecule has 1 aromatic rings. The van der Waals surface area contributed by atoms with E-state index in [2.05, 4.69) is 50.4 Å². The van der Waals surface area contributed by atoms with Crippen molar-refractivity contribution in [2.45, 2.75) is 51.5 Å². The lowest BCUT2D eigenvalue weighted by Crippen LogP contribution is -2.39. The molecule has 0 radical (unpaired) electrons. The first-order valence-electron chi connectivity index (χ1n) is 7.49. The molecule has 2 unspecified atom stereocenters. The highest BCUT2D eigenvalue weighted by Crippen LogP contribution is 2.26. The Bertz CT molecular complexity index is 464. The lowest BCUT2D eigenvalue weighted by atomic mass is 9.84. The zero-order chi connectivity index (χ0) is 14.8. The smallest absolute Gasteiger partial charge is 0.223 e. The highest BCUT2D eigenvalue weighted by Gasteiger charge is 2.29. The molecule has 3 N–H and O–H groups in total. The van der Waals surface area contributed by atoms with Crippen molar-refractivity contribution in [1.82, 2.24) is 5.32 Å². The van der Waals surface area contributed by atoms with Crippen LogP contribution in [0.4, 0.5) is 0 Å². The van der Waals surface area contributed by atoms with E-state index < -0.39 is 0 Å². The van der Waals surface area contributed by atoms with E-state index in [1.54, 1.807) is 0 Å². The molecule has 110 valence electrons. The van der Waals surface area contributed by atoms with Crippen molar-refractivity contribution >= 4 is 5.91 Å². The fourth-order valence-corrected chi connectivity index (χ4v) is 2.81. The van der Waals surface area contributed by atoms with E-state index in [1.165, 1.54) is 11.1 Å². The monoisotopic (exact) mass is 274 g/mol. The molecule has 1 fully saturated rings. The van der Waals surface area contributed by atoms with Crippen molar-refractivity contribution < 1.29 is 4.79 Å². The maximum absolute atomic E-state index is 12.2. The summed E-state index contributed by atoms with van der Waals surface area (Å²) in [6.07, 6.45) is 2.73. The maximum Gasteiger partial charge on any atom is 0.223 e. The summed E-state index contributed by atoms with van der Waals surface area (Å²) in [7, 11) is 0. The quantitative estimate of drug-likeness (QED) is 0.886. The van der Waals surface area contributed by atoms with Crippen LogP contribution >= 0.6 is 0 Å². The first-order valence-corrected chi connectivity index (χ1v) is 7.49. The summed E-state index contributed by atoms with van der Waals surface area (Å²) in [6, 6.07) is 8.74. The van der Waals surface area contributed by atoms with Crippen molar-refractivity contribution in [1.29, 1.82) is 0 Å². The van der Waals surface area contributed by atoms with Gasteiger partial charge in [-0.25, -0.2) is 0 Å². The fraction of sp³-hybridized carbons (Fsp3) is 0.588. The van der Waals surface area contributed by atoms with Gasteiger partial charge in [0, 0.05) is 23.9 Å². The summed E-state index contributed by atoms with van der Waals surface area (Å²) in [6.45, 7) is 7.08. The van der Waals surface area contributed by atoms with Gasteiger partial charge in [-0.05, 0) is 31.7 Å². The van der Waals surface area contributed by atoms with E-state index in [0.717, 1.165) is 19.3 Å². The Labute approximate surface area is 121 Å². The van der Waals surface area contributed by atoms with E-state index in [4.69, 9.17) is 5.73 Å². The molecule has 0 bridgehead atoms. The van der Waals surface area contributed by atoms with Gasteiger partial charge in [-0.2, -0.15) is 0 Å². The molecule has 0 aromatic heterocycles. The third kappa shape index (κ3) is 3.60. The van der Waals surface area contributed by atoms with Crippen molar-refractivity contribution in [3.8, 4) is 0 Å². The number of nitrogens with two attached hydrogens (primary N) is 1. The number of carbonyl (C=O) groups is 1. The van der Waals surface area contributed by atoms with Gasteiger partial charge < -0.3 is 11.1 Å². The number of rotatable bonds is 4. The summed E-state index contributed by atoms with van der Waals surface area (Å²) < 4.78 is 0. The molecule has 20 heavy (non-hydrogen) atoms. The van der Waals surface area contributed by atoms with Crippen LogP contribution in [0.1, 0.15) is 44.2 Å². The molecule has 0 saturated heterocycles. The molecular weight excluding hydrogens is 248 g/mol. The SMILES string of the molecule is Cc1ccc(C(C)(C)CNC(=O)C2CCC(N)C2)cc1. The molecule has 2 rings (SSSR count). The maximum atomic E-state index is 12.2. The minimum absolute atomic E-state index is 0.0515. The zero-order valence-corrected chi connectivity index (χ0v) is 12.8. The van der Waals surface area contributed by atoms with Crippen LogP contribution in [0.3, 0.4) is 0 Å². The number of amides is 1. The molecule has 0 aliphatic heterocycles. The van der Waals surface area contributed by atoms with Gasteiger partial charge in [0.05, 0.1) is 0 Å². The molecule has 3 heteroatoms.